The van der Waals surface area contributed by atoms with Crippen molar-refractivity contribution in [1.29, 1.82) is 0 Å². The Labute approximate surface area is 118 Å². The number of halogens is 2. The maximum absolute atomic E-state index is 11.6. The van der Waals surface area contributed by atoms with Crippen molar-refractivity contribution in [2.75, 3.05) is 0 Å². The zero-order valence-corrected chi connectivity index (χ0v) is 11.2. The third-order valence-corrected chi connectivity index (χ3v) is 2.90. The lowest BCUT2D eigenvalue weighted by molar-refractivity contribution is 0.467. The molecule has 0 amide bonds. The van der Waals surface area contributed by atoms with Gasteiger partial charge in [-0.15, -0.1) is 0 Å². The topological polar surface area (TPSA) is 59.3 Å². The van der Waals surface area contributed by atoms with Crippen LogP contribution in [0.1, 0.15) is 5.69 Å². The summed E-state index contributed by atoms with van der Waals surface area (Å²) in [6.45, 7) is 8.61. The van der Waals surface area contributed by atoms with E-state index in [1.165, 1.54) is 18.5 Å². The number of aromatic amines is 1. The van der Waals surface area contributed by atoms with Gasteiger partial charge in [-0.05, 0) is 19.1 Å². The zero-order chi connectivity index (χ0) is 14.0. The van der Waals surface area contributed by atoms with Gasteiger partial charge in [0.05, 0.1) is 23.6 Å². The molecular formula is C12H7Cl2N3O2. The van der Waals surface area contributed by atoms with E-state index in [1.807, 2.05) is 0 Å². The van der Waals surface area contributed by atoms with Crippen molar-refractivity contribution in [2.45, 2.75) is 6.92 Å². The van der Waals surface area contributed by atoms with E-state index in [0.29, 0.717) is 10.7 Å². The Morgan fingerprint density at radius 2 is 2.16 bits per heavy atom. The number of rotatable bonds is 2. The Morgan fingerprint density at radius 3 is 2.79 bits per heavy atom. The monoisotopic (exact) mass is 295 g/mol. The average molecular weight is 296 g/mol. The van der Waals surface area contributed by atoms with E-state index in [9.17, 15) is 4.79 Å². The molecule has 0 atom stereocenters. The molecule has 1 aromatic carbocycles. The van der Waals surface area contributed by atoms with Gasteiger partial charge in [-0.2, -0.15) is 0 Å². The highest BCUT2D eigenvalue weighted by molar-refractivity contribution is 6.36. The minimum Gasteiger partial charge on any atom is -0.449 e. The zero-order valence-electron chi connectivity index (χ0n) is 9.70. The fourth-order valence-corrected chi connectivity index (χ4v) is 1.80. The lowest BCUT2D eigenvalue weighted by Crippen LogP contribution is -2.11. The maximum Gasteiger partial charge on any atom is 0.294 e. The molecule has 0 aliphatic heterocycles. The summed E-state index contributed by atoms with van der Waals surface area (Å²) >= 11 is 11.9. The molecule has 96 valence electrons. The Hall–Kier alpha value is -2.03. The molecule has 0 saturated heterocycles. The number of nitrogens with one attached hydrogen (secondary N) is 1. The Kier molecular flexibility index (Phi) is 3.74. The summed E-state index contributed by atoms with van der Waals surface area (Å²) < 4.78 is 5.43. The van der Waals surface area contributed by atoms with Gasteiger partial charge in [-0.25, -0.2) is 9.83 Å². The normalized spacial score (nSPS) is 10.0. The van der Waals surface area contributed by atoms with Crippen molar-refractivity contribution in [3.05, 3.63) is 56.0 Å². The Bertz CT molecular complexity index is 735. The van der Waals surface area contributed by atoms with Crippen LogP contribution < -0.4 is 10.3 Å². The highest BCUT2D eigenvalue weighted by atomic mass is 35.5. The minimum absolute atomic E-state index is 0.0163. The highest BCUT2D eigenvalue weighted by Crippen LogP contribution is 2.39. The van der Waals surface area contributed by atoms with Gasteiger partial charge < -0.3 is 9.72 Å². The number of hydrogen-bond acceptors (Lipinski definition) is 3. The van der Waals surface area contributed by atoms with Gasteiger partial charge >= 0.3 is 0 Å². The van der Waals surface area contributed by atoms with Crippen LogP contribution >= 0.6 is 23.2 Å². The van der Waals surface area contributed by atoms with Crippen LogP contribution in [0, 0.1) is 13.5 Å². The molecule has 0 aliphatic carbocycles. The van der Waals surface area contributed by atoms with Crippen molar-refractivity contribution < 1.29 is 4.74 Å². The van der Waals surface area contributed by atoms with E-state index in [2.05, 4.69) is 14.8 Å². The lowest BCUT2D eigenvalue weighted by atomic mass is 10.3. The van der Waals surface area contributed by atoms with Gasteiger partial charge in [-0.1, -0.05) is 23.2 Å². The molecule has 0 saturated carbocycles. The highest BCUT2D eigenvalue weighted by Gasteiger charge is 2.14. The summed E-state index contributed by atoms with van der Waals surface area (Å²) in [4.78, 5) is 21.2. The van der Waals surface area contributed by atoms with Gasteiger partial charge in [0.15, 0.2) is 0 Å². The number of nitrogens with zero attached hydrogens (tertiary/aromatic N) is 2. The first-order valence-electron chi connectivity index (χ1n) is 5.11. The molecule has 0 fully saturated rings. The number of hydrogen-bond donors (Lipinski definition) is 1. The number of ether oxygens (including phenoxy) is 1. The van der Waals surface area contributed by atoms with Crippen molar-refractivity contribution in [3.63, 3.8) is 0 Å². The third kappa shape index (κ3) is 2.70. The standard InChI is InChI=1S/C12H7Cl2N3O2/c1-6-11(12(18)17-5-16-6)19-9-4-7(13)3-8(15-2)10(9)14/h3-5H,1H3,(H,16,17,18). The van der Waals surface area contributed by atoms with Crippen LogP contribution in [0.3, 0.4) is 0 Å². The van der Waals surface area contributed by atoms with E-state index >= 15 is 0 Å². The Balaban J connectivity index is 2.54. The minimum atomic E-state index is -0.437. The first kappa shape index (κ1) is 13.4. The summed E-state index contributed by atoms with van der Waals surface area (Å²) in [5, 5.41) is 0.394. The first-order valence-corrected chi connectivity index (χ1v) is 5.87. The number of aryl methyl sites for hydroxylation is 1. The van der Waals surface area contributed by atoms with Crippen molar-refractivity contribution in [3.8, 4) is 11.5 Å². The molecule has 0 radical (unpaired) electrons. The number of H-pyrrole nitrogens is 1. The fraction of sp³-hybridized carbons (Fsp3) is 0.0833. The molecule has 2 aromatic rings. The van der Waals surface area contributed by atoms with Gasteiger partial charge in [0.25, 0.3) is 5.56 Å². The maximum atomic E-state index is 11.6. The molecule has 0 spiro atoms. The van der Waals surface area contributed by atoms with Crippen LogP contribution in [0.5, 0.6) is 11.5 Å². The second kappa shape index (κ2) is 5.31. The van der Waals surface area contributed by atoms with E-state index in [-0.39, 0.29) is 22.2 Å². The smallest absolute Gasteiger partial charge is 0.294 e. The van der Waals surface area contributed by atoms with Crippen LogP contribution in [0.15, 0.2) is 23.3 Å². The molecule has 2 rings (SSSR count). The van der Waals surface area contributed by atoms with Gasteiger partial charge in [-0.3, -0.25) is 4.79 Å². The molecule has 0 bridgehead atoms. The van der Waals surface area contributed by atoms with Crippen LogP contribution in [-0.4, -0.2) is 9.97 Å². The van der Waals surface area contributed by atoms with Gasteiger partial charge in [0.2, 0.25) is 11.4 Å². The molecule has 1 aromatic heterocycles. The molecule has 5 nitrogen and oxygen atoms in total. The molecule has 7 heteroatoms. The van der Waals surface area contributed by atoms with Crippen LogP contribution in [0.2, 0.25) is 10.0 Å². The van der Waals surface area contributed by atoms with Crippen molar-refractivity contribution in [2.24, 2.45) is 0 Å². The lowest BCUT2D eigenvalue weighted by Gasteiger charge is -2.09. The summed E-state index contributed by atoms with van der Waals surface area (Å²) in [7, 11) is 0. The van der Waals surface area contributed by atoms with E-state index in [4.69, 9.17) is 34.5 Å². The van der Waals surface area contributed by atoms with Crippen molar-refractivity contribution in [1.82, 2.24) is 9.97 Å². The quantitative estimate of drug-likeness (QED) is 0.859. The first-order chi connectivity index (χ1) is 9.02. The molecular weight excluding hydrogens is 289 g/mol. The van der Waals surface area contributed by atoms with Gasteiger partial charge in [0, 0.05) is 5.02 Å². The van der Waals surface area contributed by atoms with E-state index in [1.54, 1.807) is 6.92 Å². The molecule has 1 N–H and O–H groups in total. The number of benzene rings is 1. The van der Waals surface area contributed by atoms with Gasteiger partial charge in [0.1, 0.15) is 5.75 Å². The summed E-state index contributed by atoms with van der Waals surface area (Å²) in [5.41, 5.74) is 0.124. The third-order valence-electron chi connectivity index (χ3n) is 2.31. The summed E-state index contributed by atoms with van der Waals surface area (Å²) in [6.07, 6.45) is 1.27. The second-order valence-corrected chi connectivity index (χ2v) is 4.41. The molecule has 19 heavy (non-hydrogen) atoms. The largest absolute Gasteiger partial charge is 0.449 e. The Morgan fingerprint density at radius 1 is 1.42 bits per heavy atom. The fourth-order valence-electron chi connectivity index (χ4n) is 1.41. The summed E-state index contributed by atoms with van der Waals surface area (Å²) in [5.74, 6) is 0.157. The predicted molar refractivity (Wildman–Crippen MR) is 72.4 cm³/mol. The summed E-state index contributed by atoms with van der Waals surface area (Å²) in [6, 6.07) is 2.86. The van der Waals surface area contributed by atoms with Crippen molar-refractivity contribution >= 4 is 28.9 Å². The second-order valence-electron chi connectivity index (χ2n) is 3.60. The molecule has 0 aliphatic rings. The SMILES string of the molecule is [C-]#[N+]c1cc(Cl)cc(Oc2c(C)nc[nH]c2=O)c1Cl. The van der Waals surface area contributed by atoms with E-state index in [0.717, 1.165) is 0 Å². The van der Waals surface area contributed by atoms with E-state index < -0.39 is 5.56 Å². The predicted octanol–water partition coefficient (Wildman–Crippen LogP) is 3.73. The van der Waals surface area contributed by atoms with Crippen LogP contribution in [0.25, 0.3) is 4.85 Å². The van der Waals surface area contributed by atoms with Crippen LogP contribution in [0.4, 0.5) is 5.69 Å². The number of aromatic nitrogens is 2. The average Bonchev–Trinajstić information content (AvgIpc) is 2.37. The van der Waals surface area contributed by atoms with Crippen LogP contribution in [-0.2, 0) is 0 Å². The molecule has 0 unspecified atom stereocenters. The molecule has 1 heterocycles.